The molecule has 3 atom stereocenters. The fourth-order valence-corrected chi connectivity index (χ4v) is 3.07. The molecule has 0 aliphatic heterocycles. The second kappa shape index (κ2) is 7.12. The molecule has 0 radical (unpaired) electrons. The highest BCUT2D eigenvalue weighted by Gasteiger charge is 2.31. The minimum Gasteiger partial charge on any atom is -0.385 e. The number of hydrogen-bond donors (Lipinski definition) is 1. The molecule has 0 aromatic carbocycles. The average molecular weight is 241 g/mol. The van der Waals surface area contributed by atoms with E-state index in [9.17, 15) is 4.79 Å². The maximum Gasteiger partial charge on any atom is 0.152 e. The third-order valence-corrected chi connectivity index (χ3v) is 3.81. The molecule has 1 fully saturated rings. The Morgan fingerprint density at radius 3 is 2.41 bits per heavy atom. The van der Waals surface area contributed by atoms with E-state index in [0.29, 0.717) is 18.4 Å². The Hall–Kier alpha value is -0.410. The van der Waals surface area contributed by atoms with Gasteiger partial charge in [-0.1, -0.05) is 13.8 Å². The van der Waals surface area contributed by atoms with Gasteiger partial charge in [-0.2, -0.15) is 0 Å². The lowest BCUT2D eigenvalue weighted by molar-refractivity contribution is -0.126. The van der Waals surface area contributed by atoms with E-state index in [1.54, 1.807) is 7.11 Å². The van der Waals surface area contributed by atoms with Gasteiger partial charge < -0.3 is 10.5 Å². The van der Waals surface area contributed by atoms with E-state index in [2.05, 4.69) is 13.8 Å². The van der Waals surface area contributed by atoms with Crippen molar-refractivity contribution < 1.29 is 9.53 Å². The maximum absolute atomic E-state index is 12.2. The molecule has 0 amide bonds. The van der Waals surface area contributed by atoms with Gasteiger partial charge in [0.15, 0.2) is 5.78 Å². The molecular weight excluding hydrogens is 214 g/mol. The van der Waals surface area contributed by atoms with Crippen LogP contribution < -0.4 is 5.73 Å². The second-order valence-electron chi connectivity index (χ2n) is 5.76. The van der Waals surface area contributed by atoms with Crippen molar-refractivity contribution in [2.45, 2.75) is 52.0 Å². The highest BCUT2D eigenvalue weighted by Crippen LogP contribution is 2.33. The van der Waals surface area contributed by atoms with Gasteiger partial charge in [0.05, 0.1) is 6.04 Å². The molecule has 0 aromatic rings. The van der Waals surface area contributed by atoms with Gasteiger partial charge in [-0.05, 0) is 43.9 Å². The predicted molar refractivity (Wildman–Crippen MR) is 69.8 cm³/mol. The number of rotatable bonds is 6. The van der Waals surface area contributed by atoms with E-state index in [1.807, 2.05) is 0 Å². The van der Waals surface area contributed by atoms with Gasteiger partial charge in [0.25, 0.3) is 0 Å². The number of methoxy groups -OCH3 is 1. The summed E-state index contributed by atoms with van der Waals surface area (Å²) < 4.78 is 4.98. The number of Topliss-reactive ketones (excluding diaryl/α,β-unsaturated/α-hetero) is 1. The Morgan fingerprint density at radius 2 is 1.88 bits per heavy atom. The van der Waals surface area contributed by atoms with E-state index >= 15 is 0 Å². The Kier molecular flexibility index (Phi) is 6.14. The summed E-state index contributed by atoms with van der Waals surface area (Å²) >= 11 is 0. The molecule has 3 nitrogen and oxygen atoms in total. The van der Waals surface area contributed by atoms with Crippen molar-refractivity contribution in [3.05, 3.63) is 0 Å². The standard InChI is InChI=1S/C14H27NO2/c1-10-7-11(2)9-12(8-10)14(16)13(15)5-4-6-17-3/h10-13H,4-9,15H2,1-3H3. The molecule has 0 spiro atoms. The molecule has 3 unspecified atom stereocenters. The molecule has 0 aromatic heterocycles. The second-order valence-corrected chi connectivity index (χ2v) is 5.76. The van der Waals surface area contributed by atoms with E-state index in [-0.39, 0.29) is 17.7 Å². The maximum atomic E-state index is 12.2. The quantitative estimate of drug-likeness (QED) is 0.726. The van der Waals surface area contributed by atoms with Crippen LogP contribution >= 0.6 is 0 Å². The minimum atomic E-state index is -0.285. The Labute approximate surface area is 105 Å². The number of nitrogens with two attached hydrogens (primary N) is 1. The number of ketones is 1. The molecule has 2 N–H and O–H groups in total. The Morgan fingerprint density at radius 1 is 1.29 bits per heavy atom. The minimum absolute atomic E-state index is 0.200. The van der Waals surface area contributed by atoms with Crippen LogP contribution in [0, 0.1) is 17.8 Å². The first-order valence-electron chi connectivity index (χ1n) is 6.82. The van der Waals surface area contributed by atoms with Crippen LogP contribution in [-0.2, 0) is 9.53 Å². The topological polar surface area (TPSA) is 52.3 Å². The summed E-state index contributed by atoms with van der Waals surface area (Å²) in [7, 11) is 1.68. The van der Waals surface area contributed by atoms with E-state index < -0.39 is 0 Å². The fraction of sp³-hybridized carbons (Fsp3) is 0.929. The van der Waals surface area contributed by atoms with Crippen LogP contribution in [0.3, 0.4) is 0 Å². The SMILES string of the molecule is COCCCC(N)C(=O)C1CC(C)CC(C)C1. The molecule has 0 heterocycles. The van der Waals surface area contributed by atoms with Crippen molar-refractivity contribution in [1.29, 1.82) is 0 Å². The molecular formula is C14H27NO2. The Balaban J connectivity index is 2.39. The van der Waals surface area contributed by atoms with Crippen molar-refractivity contribution in [2.24, 2.45) is 23.5 Å². The summed E-state index contributed by atoms with van der Waals surface area (Å²) in [6, 6.07) is -0.285. The van der Waals surface area contributed by atoms with Crippen LogP contribution in [0.5, 0.6) is 0 Å². The zero-order valence-corrected chi connectivity index (χ0v) is 11.4. The van der Waals surface area contributed by atoms with E-state index in [0.717, 1.165) is 25.7 Å². The predicted octanol–water partition coefficient (Wildman–Crippen LogP) is 2.38. The van der Waals surface area contributed by atoms with Gasteiger partial charge in [0, 0.05) is 19.6 Å². The third-order valence-electron chi connectivity index (χ3n) is 3.81. The van der Waals surface area contributed by atoms with Gasteiger partial charge in [0.2, 0.25) is 0 Å². The molecule has 1 aliphatic carbocycles. The van der Waals surface area contributed by atoms with Gasteiger partial charge in [0.1, 0.15) is 0 Å². The first kappa shape index (κ1) is 14.7. The van der Waals surface area contributed by atoms with Crippen LogP contribution in [0.25, 0.3) is 0 Å². The molecule has 0 saturated heterocycles. The summed E-state index contributed by atoms with van der Waals surface area (Å²) in [5.41, 5.74) is 5.97. The number of carbonyl (C=O) groups is 1. The third kappa shape index (κ3) is 4.76. The van der Waals surface area contributed by atoms with Gasteiger partial charge >= 0.3 is 0 Å². The van der Waals surface area contributed by atoms with E-state index in [1.165, 1.54) is 6.42 Å². The summed E-state index contributed by atoms with van der Waals surface area (Å²) in [4.78, 5) is 12.2. The lowest BCUT2D eigenvalue weighted by Gasteiger charge is -2.31. The Bertz CT molecular complexity index is 232. The molecule has 100 valence electrons. The van der Waals surface area contributed by atoms with Crippen LogP contribution in [0.15, 0.2) is 0 Å². The molecule has 3 heteroatoms. The smallest absolute Gasteiger partial charge is 0.152 e. The normalized spacial score (nSPS) is 31.2. The van der Waals surface area contributed by atoms with Crippen LogP contribution in [0.1, 0.15) is 46.0 Å². The van der Waals surface area contributed by atoms with Crippen molar-refractivity contribution in [1.82, 2.24) is 0 Å². The zero-order chi connectivity index (χ0) is 12.8. The van der Waals surface area contributed by atoms with Crippen LogP contribution in [0.4, 0.5) is 0 Å². The monoisotopic (exact) mass is 241 g/mol. The molecule has 1 aliphatic rings. The summed E-state index contributed by atoms with van der Waals surface area (Å²) in [5, 5.41) is 0. The summed E-state index contributed by atoms with van der Waals surface area (Å²) in [5.74, 6) is 1.81. The summed E-state index contributed by atoms with van der Waals surface area (Å²) in [6.07, 6.45) is 4.94. The lowest BCUT2D eigenvalue weighted by Crippen LogP contribution is -2.38. The van der Waals surface area contributed by atoms with Crippen molar-refractivity contribution in [3.8, 4) is 0 Å². The van der Waals surface area contributed by atoms with Crippen LogP contribution in [-0.4, -0.2) is 25.5 Å². The van der Waals surface area contributed by atoms with Gasteiger partial charge in [-0.25, -0.2) is 0 Å². The molecule has 1 saturated carbocycles. The first-order chi connectivity index (χ1) is 8.04. The van der Waals surface area contributed by atoms with E-state index in [4.69, 9.17) is 10.5 Å². The number of ether oxygens (including phenoxy) is 1. The zero-order valence-electron chi connectivity index (χ0n) is 11.4. The lowest BCUT2D eigenvalue weighted by atomic mass is 9.73. The van der Waals surface area contributed by atoms with Crippen LogP contribution in [0.2, 0.25) is 0 Å². The number of hydrogen-bond acceptors (Lipinski definition) is 3. The van der Waals surface area contributed by atoms with Crippen molar-refractivity contribution >= 4 is 5.78 Å². The molecule has 17 heavy (non-hydrogen) atoms. The fourth-order valence-electron chi connectivity index (χ4n) is 3.07. The molecule has 0 bridgehead atoms. The highest BCUT2D eigenvalue weighted by molar-refractivity contribution is 5.86. The average Bonchev–Trinajstić information content (AvgIpc) is 2.27. The van der Waals surface area contributed by atoms with Crippen molar-refractivity contribution in [2.75, 3.05) is 13.7 Å². The largest absolute Gasteiger partial charge is 0.385 e. The highest BCUT2D eigenvalue weighted by atomic mass is 16.5. The summed E-state index contributed by atoms with van der Waals surface area (Å²) in [6.45, 7) is 5.18. The molecule has 1 rings (SSSR count). The number of carbonyl (C=O) groups excluding carboxylic acids is 1. The van der Waals surface area contributed by atoms with Crippen molar-refractivity contribution in [3.63, 3.8) is 0 Å². The first-order valence-corrected chi connectivity index (χ1v) is 6.82. The van der Waals surface area contributed by atoms with Gasteiger partial charge in [-0.3, -0.25) is 4.79 Å². The van der Waals surface area contributed by atoms with Gasteiger partial charge in [-0.15, -0.1) is 0 Å².